The molecule has 0 bridgehead atoms. The van der Waals surface area contributed by atoms with Crippen LogP contribution in [0.2, 0.25) is 0 Å². The molecule has 102 valence electrons. The van der Waals surface area contributed by atoms with E-state index >= 15 is 0 Å². The van der Waals surface area contributed by atoms with E-state index in [4.69, 9.17) is 8.83 Å². The molecular weight excluding hydrogens is 314 g/mol. The molecule has 0 aliphatic heterocycles. The average molecular weight is 328 g/mol. The van der Waals surface area contributed by atoms with Crippen LogP contribution in [0.4, 0.5) is 0 Å². The summed E-state index contributed by atoms with van der Waals surface area (Å²) in [4.78, 5) is 11.4. The lowest BCUT2D eigenvalue weighted by Crippen LogP contribution is -2.21. The Morgan fingerprint density at radius 3 is 2.84 bits per heavy atom. The number of hydrogen-bond donors (Lipinski definition) is 1. The van der Waals surface area contributed by atoms with Gasteiger partial charge in [0, 0.05) is 5.56 Å². The zero-order chi connectivity index (χ0) is 13.8. The summed E-state index contributed by atoms with van der Waals surface area (Å²) in [6.07, 6.45) is 1.59. The van der Waals surface area contributed by atoms with Crippen molar-refractivity contribution in [2.75, 3.05) is 13.7 Å². The number of rotatable bonds is 5. The highest BCUT2D eigenvalue weighted by Crippen LogP contribution is 2.30. The Bertz CT molecular complexity index is 560. The van der Waals surface area contributed by atoms with E-state index in [1.807, 2.05) is 13.0 Å². The molecule has 2 heterocycles. The predicted molar refractivity (Wildman–Crippen MR) is 72.0 cm³/mol. The van der Waals surface area contributed by atoms with Gasteiger partial charge in [-0.3, -0.25) is 0 Å². The van der Waals surface area contributed by atoms with Gasteiger partial charge in [-0.25, -0.2) is 4.79 Å². The number of methoxy groups -OCH3 is 1. The molecular formula is C13H14BrNO4. The molecule has 19 heavy (non-hydrogen) atoms. The number of halogens is 1. The number of nitrogens with one attached hydrogen (secondary N) is 1. The maximum absolute atomic E-state index is 11.4. The molecule has 0 fully saturated rings. The molecule has 0 spiro atoms. The molecule has 0 aromatic carbocycles. The topological polar surface area (TPSA) is 64.6 Å². The van der Waals surface area contributed by atoms with Gasteiger partial charge in [0.05, 0.1) is 19.4 Å². The van der Waals surface area contributed by atoms with Gasteiger partial charge < -0.3 is 18.9 Å². The summed E-state index contributed by atoms with van der Waals surface area (Å²) in [7, 11) is 1.32. The van der Waals surface area contributed by atoms with Gasteiger partial charge in [0.25, 0.3) is 0 Å². The van der Waals surface area contributed by atoms with E-state index in [0.29, 0.717) is 10.4 Å². The lowest BCUT2D eigenvalue weighted by Gasteiger charge is -2.14. The normalized spacial score (nSPS) is 12.4. The van der Waals surface area contributed by atoms with Gasteiger partial charge in [0.15, 0.2) is 4.67 Å². The van der Waals surface area contributed by atoms with E-state index in [0.717, 1.165) is 12.1 Å². The third kappa shape index (κ3) is 2.90. The largest absolute Gasteiger partial charge is 0.463 e. The number of furan rings is 2. The molecule has 2 aromatic heterocycles. The average Bonchev–Trinajstić information content (AvgIpc) is 3.04. The van der Waals surface area contributed by atoms with Crippen LogP contribution in [0.15, 0.2) is 38.0 Å². The van der Waals surface area contributed by atoms with Crippen molar-refractivity contribution in [2.45, 2.75) is 13.0 Å². The van der Waals surface area contributed by atoms with E-state index in [1.54, 1.807) is 18.4 Å². The molecule has 2 aromatic rings. The summed E-state index contributed by atoms with van der Waals surface area (Å²) < 4.78 is 16.0. The number of carbonyl (C=O) groups is 1. The molecule has 1 N–H and O–H groups in total. The second-order valence-electron chi connectivity index (χ2n) is 3.83. The fourth-order valence-electron chi connectivity index (χ4n) is 1.80. The van der Waals surface area contributed by atoms with Gasteiger partial charge in [-0.05, 0) is 40.7 Å². The van der Waals surface area contributed by atoms with Crippen molar-refractivity contribution in [3.05, 3.63) is 46.2 Å². The number of esters is 1. The predicted octanol–water partition coefficient (Wildman–Crippen LogP) is 3.12. The monoisotopic (exact) mass is 327 g/mol. The van der Waals surface area contributed by atoms with Crippen LogP contribution in [0.3, 0.4) is 0 Å². The van der Waals surface area contributed by atoms with Crippen LogP contribution in [0, 0.1) is 0 Å². The standard InChI is InChI=1S/C13H14BrNO4/c1-3-15-11(8-6-7-18-12(8)14)9-4-5-10(19-9)13(16)17-2/h4-7,11,15H,3H2,1-2H3. The van der Waals surface area contributed by atoms with Gasteiger partial charge >= 0.3 is 5.97 Å². The van der Waals surface area contributed by atoms with Crippen molar-refractivity contribution in [1.29, 1.82) is 0 Å². The molecule has 5 nitrogen and oxygen atoms in total. The maximum atomic E-state index is 11.4. The van der Waals surface area contributed by atoms with Crippen molar-refractivity contribution >= 4 is 21.9 Å². The molecule has 0 saturated heterocycles. The Labute approximate surface area is 119 Å². The first-order valence-electron chi connectivity index (χ1n) is 5.81. The van der Waals surface area contributed by atoms with E-state index < -0.39 is 5.97 Å². The van der Waals surface area contributed by atoms with Gasteiger partial charge in [-0.2, -0.15) is 0 Å². The Hall–Kier alpha value is -1.53. The van der Waals surface area contributed by atoms with E-state index in [1.165, 1.54) is 7.11 Å². The zero-order valence-corrected chi connectivity index (χ0v) is 12.2. The lowest BCUT2D eigenvalue weighted by atomic mass is 10.1. The molecule has 0 aliphatic carbocycles. The summed E-state index contributed by atoms with van der Waals surface area (Å²) in [5.74, 6) is 0.317. The minimum absolute atomic E-state index is 0.181. The minimum atomic E-state index is -0.493. The fraction of sp³-hybridized carbons (Fsp3) is 0.308. The van der Waals surface area contributed by atoms with Gasteiger partial charge in [-0.15, -0.1) is 0 Å². The molecule has 0 saturated carbocycles. The first-order valence-corrected chi connectivity index (χ1v) is 6.61. The Balaban J connectivity index is 2.32. The highest BCUT2D eigenvalue weighted by atomic mass is 79.9. The highest BCUT2D eigenvalue weighted by molar-refractivity contribution is 9.10. The van der Waals surface area contributed by atoms with Crippen LogP contribution in [0.25, 0.3) is 0 Å². The molecule has 0 radical (unpaired) electrons. The van der Waals surface area contributed by atoms with Gasteiger partial charge in [-0.1, -0.05) is 6.92 Å². The van der Waals surface area contributed by atoms with Crippen molar-refractivity contribution < 1.29 is 18.4 Å². The third-order valence-electron chi connectivity index (χ3n) is 2.66. The van der Waals surface area contributed by atoms with Crippen molar-refractivity contribution in [3.63, 3.8) is 0 Å². The maximum Gasteiger partial charge on any atom is 0.373 e. The zero-order valence-electron chi connectivity index (χ0n) is 10.6. The summed E-state index contributed by atoms with van der Waals surface area (Å²) in [5, 5.41) is 3.28. The van der Waals surface area contributed by atoms with E-state index in [9.17, 15) is 4.79 Å². The molecule has 1 atom stereocenters. The van der Waals surface area contributed by atoms with Crippen LogP contribution in [-0.4, -0.2) is 19.6 Å². The quantitative estimate of drug-likeness (QED) is 0.855. The van der Waals surface area contributed by atoms with Crippen LogP contribution >= 0.6 is 15.9 Å². The Morgan fingerprint density at radius 2 is 2.26 bits per heavy atom. The molecule has 0 aliphatic rings. The SMILES string of the molecule is CCNC(c1ccc(C(=O)OC)o1)c1ccoc1Br. The van der Waals surface area contributed by atoms with E-state index in [-0.39, 0.29) is 11.8 Å². The van der Waals surface area contributed by atoms with Crippen LogP contribution in [0.1, 0.15) is 34.8 Å². The summed E-state index contributed by atoms with van der Waals surface area (Å²) in [6, 6.07) is 5.01. The van der Waals surface area contributed by atoms with Crippen LogP contribution < -0.4 is 5.32 Å². The summed E-state index contributed by atoms with van der Waals surface area (Å²) in [5.41, 5.74) is 0.910. The van der Waals surface area contributed by atoms with Crippen molar-refractivity contribution in [2.24, 2.45) is 0 Å². The Morgan fingerprint density at radius 1 is 1.47 bits per heavy atom. The van der Waals surface area contributed by atoms with Crippen molar-refractivity contribution in [3.8, 4) is 0 Å². The van der Waals surface area contributed by atoms with E-state index in [2.05, 4.69) is 26.0 Å². The summed E-state index contributed by atoms with van der Waals surface area (Å²) in [6.45, 7) is 2.74. The smallest absolute Gasteiger partial charge is 0.373 e. The van der Waals surface area contributed by atoms with Gasteiger partial charge in [0.1, 0.15) is 5.76 Å². The number of ether oxygens (including phenoxy) is 1. The fourth-order valence-corrected chi connectivity index (χ4v) is 2.27. The number of hydrogen-bond acceptors (Lipinski definition) is 5. The molecule has 1 unspecified atom stereocenters. The van der Waals surface area contributed by atoms with Crippen LogP contribution in [0.5, 0.6) is 0 Å². The highest BCUT2D eigenvalue weighted by Gasteiger charge is 2.22. The number of carbonyl (C=O) groups excluding carboxylic acids is 1. The first-order chi connectivity index (χ1) is 9.17. The molecule has 0 amide bonds. The summed E-state index contributed by atoms with van der Waals surface area (Å²) >= 11 is 3.34. The minimum Gasteiger partial charge on any atom is -0.463 e. The van der Waals surface area contributed by atoms with Crippen molar-refractivity contribution in [1.82, 2.24) is 5.32 Å². The Kier molecular flexibility index (Phi) is 4.44. The third-order valence-corrected chi connectivity index (χ3v) is 3.31. The first kappa shape index (κ1) is 13.9. The van der Waals surface area contributed by atoms with Gasteiger partial charge in [0.2, 0.25) is 5.76 Å². The molecule has 6 heteroatoms. The van der Waals surface area contributed by atoms with Crippen LogP contribution in [-0.2, 0) is 4.74 Å². The molecule has 2 rings (SSSR count). The second kappa shape index (κ2) is 6.08. The lowest BCUT2D eigenvalue weighted by molar-refractivity contribution is 0.0562. The second-order valence-corrected chi connectivity index (χ2v) is 4.55.